The van der Waals surface area contributed by atoms with E-state index in [-0.39, 0.29) is 25.0 Å². The van der Waals surface area contributed by atoms with E-state index in [0.29, 0.717) is 0 Å². The van der Waals surface area contributed by atoms with Crippen LogP contribution in [-0.4, -0.2) is 48.1 Å². The average Bonchev–Trinajstić information content (AvgIpc) is 2.67. The standard InChI is InChI=1S/C9H16N2O3/c12-6-7-2-3-8(14-7)11-5-1-4-10-9(11)13/h7-8,12H,1-6H2,(H,10,13). The number of nitrogens with zero attached hydrogens (tertiary/aromatic N) is 1. The van der Waals surface area contributed by atoms with Gasteiger partial charge >= 0.3 is 6.03 Å². The van der Waals surface area contributed by atoms with Gasteiger partial charge < -0.3 is 15.2 Å². The zero-order valence-corrected chi connectivity index (χ0v) is 8.11. The summed E-state index contributed by atoms with van der Waals surface area (Å²) in [5.74, 6) is 0. The molecule has 0 radical (unpaired) electrons. The van der Waals surface area contributed by atoms with E-state index in [9.17, 15) is 4.79 Å². The molecule has 0 spiro atoms. The third-order valence-corrected chi connectivity index (χ3v) is 2.75. The minimum absolute atomic E-state index is 0.0418. The summed E-state index contributed by atoms with van der Waals surface area (Å²) in [6.45, 7) is 1.56. The molecule has 5 heteroatoms. The predicted octanol–water partition coefficient (Wildman–Crippen LogP) is -0.101. The van der Waals surface area contributed by atoms with E-state index in [1.165, 1.54) is 0 Å². The van der Waals surface area contributed by atoms with Gasteiger partial charge in [-0.1, -0.05) is 0 Å². The first-order chi connectivity index (χ1) is 6.81. The molecule has 0 aromatic carbocycles. The number of aliphatic hydroxyl groups is 1. The second kappa shape index (κ2) is 4.14. The number of carbonyl (C=O) groups excluding carboxylic acids is 1. The molecule has 0 aromatic rings. The van der Waals surface area contributed by atoms with Crippen molar-refractivity contribution in [2.75, 3.05) is 19.7 Å². The molecule has 2 heterocycles. The maximum atomic E-state index is 11.4. The van der Waals surface area contributed by atoms with E-state index in [0.717, 1.165) is 32.4 Å². The van der Waals surface area contributed by atoms with Crippen LogP contribution >= 0.6 is 0 Å². The number of amides is 2. The van der Waals surface area contributed by atoms with Gasteiger partial charge in [0.25, 0.3) is 0 Å². The van der Waals surface area contributed by atoms with Crippen LogP contribution in [0.4, 0.5) is 4.79 Å². The quantitative estimate of drug-likeness (QED) is 0.654. The predicted molar refractivity (Wildman–Crippen MR) is 49.7 cm³/mol. The van der Waals surface area contributed by atoms with E-state index in [1.807, 2.05) is 0 Å². The van der Waals surface area contributed by atoms with Gasteiger partial charge in [0.1, 0.15) is 6.23 Å². The molecule has 2 rings (SSSR count). The average molecular weight is 200 g/mol. The highest BCUT2D eigenvalue weighted by atomic mass is 16.5. The fraction of sp³-hybridized carbons (Fsp3) is 0.889. The van der Waals surface area contributed by atoms with Crippen molar-refractivity contribution in [1.29, 1.82) is 0 Å². The van der Waals surface area contributed by atoms with E-state index >= 15 is 0 Å². The Labute approximate surface area is 83.0 Å². The summed E-state index contributed by atoms with van der Waals surface area (Å²) in [6, 6.07) is -0.0418. The van der Waals surface area contributed by atoms with Crippen LogP contribution < -0.4 is 5.32 Å². The molecule has 2 amide bonds. The van der Waals surface area contributed by atoms with Gasteiger partial charge in [-0.25, -0.2) is 4.79 Å². The number of urea groups is 1. The van der Waals surface area contributed by atoms with Crippen LogP contribution in [0.25, 0.3) is 0 Å². The Morgan fingerprint density at radius 1 is 1.57 bits per heavy atom. The molecule has 0 saturated carbocycles. The number of carbonyl (C=O) groups is 1. The van der Waals surface area contributed by atoms with E-state index < -0.39 is 0 Å². The van der Waals surface area contributed by atoms with Crippen LogP contribution in [0.2, 0.25) is 0 Å². The summed E-state index contributed by atoms with van der Waals surface area (Å²) in [4.78, 5) is 13.2. The molecule has 5 nitrogen and oxygen atoms in total. The van der Waals surface area contributed by atoms with Gasteiger partial charge in [0, 0.05) is 13.1 Å². The summed E-state index contributed by atoms with van der Waals surface area (Å²) in [7, 11) is 0. The summed E-state index contributed by atoms with van der Waals surface area (Å²) in [6.07, 6.45) is 2.42. The smallest absolute Gasteiger partial charge is 0.319 e. The molecule has 2 N–H and O–H groups in total. The molecule has 2 aliphatic rings. The lowest BCUT2D eigenvalue weighted by Gasteiger charge is -2.32. The molecule has 0 aliphatic carbocycles. The lowest BCUT2D eigenvalue weighted by Crippen LogP contribution is -2.51. The number of hydrogen-bond acceptors (Lipinski definition) is 3. The minimum Gasteiger partial charge on any atom is -0.394 e. The summed E-state index contributed by atoms with van der Waals surface area (Å²) in [5, 5.41) is 11.7. The Kier molecular flexibility index (Phi) is 2.88. The summed E-state index contributed by atoms with van der Waals surface area (Å²) in [5.41, 5.74) is 0. The third-order valence-electron chi connectivity index (χ3n) is 2.75. The molecule has 2 saturated heterocycles. The Balaban J connectivity index is 1.91. The van der Waals surface area contributed by atoms with E-state index in [1.54, 1.807) is 4.90 Å². The van der Waals surface area contributed by atoms with Crippen molar-refractivity contribution in [3.63, 3.8) is 0 Å². The molecule has 80 valence electrons. The highest BCUT2D eigenvalue weighted by Gasteiger charge is 2.33. The van der Waals surface area contributed by atoms with E-state index in [2.05, 4.69) is 5.32 Å². The number of hydrogen-bond donors (Lipinski definition) is 2. The van der Waals surface area contributed by atoms with Gasteiger partial charge in [0.15, 0.2) is 0 Å². The SMILES string of the molecule is O=C1NCCCN1C1CCC(CO)O1. The molecular formula is C9H16N2O3. The first kappa shape index (κ1) is 9.73. The van der Waals surface area contributed by atoms with Gasteiger partial charge in [-0.3, -0.25) is 4.90 Å². The first-order valence-corrected chi connectivity index (χ1v) is 5.12. The van der Waals surface area contributed by atoms with Crippen molar-refractivity contribution in [1.82, 2.24) is 10.2 Å². The lowest BCUT2D eigenvalue weighted by molar-refractivity contribution is -0.0533. The number of aliphatic hydroxyl groups excluding tert-OH is 1. The normalized spacial score (nSPS) is 33.2. The Hall–Kier alpha value is -0.810. The van der Waals surface area contributed by atoms with Crippen molar-refractivity contribution >= 4 is 6.03 Å². The summed E-state index contributed by atoms with van der Waals surface area (Å²) >= 11 is 0. The van der Waals surface area contributed by atoms with E-state index in [4.69, 9.17) is 9.84 Å². The van der Waals surface area contributed by atoms with Crippen LogP contribution in [0.15, 0.2) is 0 Å². The molecule has 2 fully saturated rings. The van der Waals surface area contributed by atoms with Crippen LogP contribution in [0.3, 0.4) is 0 Å². The van der Waals surface area contributed by atoms with Crippen LogP contribution in [0, 0.1) is 0 Å². The number of nitrogens with one attached hydrogen (secondary N) is 1. The second-order valence-electron chi connectivity index (χ2n) is 3.75. The fourth-order valence-electron chi connectivity index (χ4n) is 1.97. The van der Waals surface area contributed by atoms with Crippen LogP contribution in [0.5, 0.6) is 0 Å². The zero-order chi connectivity index (χ0) is 9.97. The maximum absolute atomic E-state index is 11.4. The van der Waals surface area contributed by atoms with Crippen molar-refractivity contribution in [2.45, 2.75) is 31.6 Å². The molecular weight excluding hydrogens is 184 g/mol. The Bertz CT molecular complexity index is 222. The molecule has 0 bridgehead atoms. The zero-order valence-electron chi connectivity index (χ0n) is 8.11. The van der Waals surface area contributed by atoms with Crippen molar-refractivity contribution in [3.8, 4) is 0 Å². The lowest BCUT2D eigenvalue weighted by atomic mass is 10.2. The topological polar surface area (TPSA) is 61.8 Å². The van der Waals surface area contributed by atoms with Gasteiger partial charge in [-0.15, -0.1) is 0 Å². The molecule has 2 unspecified atom stereocenters. The van der Waals surface area contributed by atoms with Crippen LogP contribution in [0.1, 0.15) is 19.3 Å². The third kappa shape index (κ3) is 1.83. The number of rotatable bonds is 2. The van der Waals surface area contributed by atoms with Gasteiger partial charge in [0.05, 0.1) is 12.7 Å². The highest BCUT2D eigenvalue weighted by molar-refractivity contribution is 5.75. The Morgan fingerprint density at radius 3 is 3.07 bits per heavy atom. The summed E-state index contributed by atoms with van der Waals surface area (Å²) < 4.78 is 5.54. The minimum atomic E-state index is -0.132. The molecule has 2 atom stereocenters. The molecule has 14 heavy (non-hydrogen) atoms. The van der Waals surface area contributed by atoms with Crippen molar-refractivity contribution in [2.24, 2.45) is 0 Å². The van der Waals surface area contributed by atoms with Crippen molar-refractivity contribution < 1.29 is 14.6 Å². The largest absolute Gasteiger partial charge is 0.394 e. The maximum Gasteiger partial charge on any atom is 0.319 e. The van der Waals surface area contributed by atoms with Crippen molar-refractivity contribution in [3.05, 3.63) is 0 Å². The van der Waals surface area contributed by atoms with Gasteiger partial charge in [0.2, 0.25) is 0 Å². The molecule has 2 aliphatic heterocycles. The molecule has 0 aromatic heterocycles. The second-order valence-corrected chi connectivity index (χ2v) is 3.75. The first-order valence-electron chi connectivity index (χ1n) is 5.12. The number of ether oxygens (including phenoxy) is 1. The van der Waals surface area contributed by atoms with Gasteiger partial charge in [-0.2, -0.15) is 0 Å². The van der Waals surface area contributed by atoms with Gasteiger partial charge in [-0.05, 0) is 19.3 Å². The van der Waals surface area contributed by atoms with Crippen LogP contribution in [-0.2, 0) is 4.74 Å². The fourth-order valence-corrected chi connectivity index (χ4v) is 1.97. The Morgan fingerprint density at radius 2 is 2.43 bits per heavy atom. The monoisotopic (exact) mass is 200 g/mol. The highest BCUT2D eigenvalue weighted by Crippen LogP contribution is 2.23.